The van der Waals surface area contributed by atoms with E-state index in [-0.39, 0.29) is 6.54 Å². The Hall–Kier alpha value is -0.430. The summed E-state index contributed by atoms with van der Waals surface area (Å²) in [6.45, 7) is 5.07. The van der Waals surface area contributed by atoms with E-state index in [0.29, 0.717) is 18.1 Å². The molecule has 0 saturated heterocycles. The molecular weight excluding hydrogens is 318 g/mol. The van der Waals surface area contributed by atoms with Crippen LogP contribution in [0.2, 0.25) is 0 Å². The molecule has 0 aliphatic rings. The Labute approximate surface area is 117 Å². The van der Waals surface area contributed by atoms with Gasteiger partial charge < -0.3 is 4.74 Å². The van der Waals surface area contributed by atoms with Gasteiger partial charge in [0.05, 0.1) is 18.1 Å². The Bertz CT molecular complexity index is 488. The van der Waals surface area contributed by atoms with Crippen molar-refractivity contribution in [2.45, 2.75) is 18.7 Å². The minimum Gasteiger partial charge on any atom is -0.379 e. The van der Waals surface area contributed by atoms with Crippen molar-refractivity contribution in [3.63, 3.8) is 0 Å². The monoisotopic (exact) mass is 335 g/mol. The van der Waals surface area contributed by atoms with Crippen LogP contribution in [0.4, 0.5) is 0 Å². The number of halogens is 1. The molecule has 0 aliphatic carbocycles. The Balaban J connectivity index is 2.60. The molecule has 4 nitrogen and oxygen atoms in total. The van der Waals surface area contributed by atoms with Crippen LogP contribution in [0.25, 0.3) is 0 Å². The molecule has 0 bridgehead atoms. The number of aryl methyl sites for hydroxylation is 2. The lowest BCUT2D eigenvalue weighted by Gasteiger charge is -2.08. The first-order valence-corrected chi connectivity index (χ1v) is 8.28. The second-order valence-corrected chi connectivity index (χ2v) is 6.51. The molecule has 18 heavy (non-hydrogen) atoms. The number of hydrogen-bond donors (Lipinski definition) is 1. The van der Waals surface area contributed by atoms with E-state index in [2.05, 4.69) is 20.7 Å². The van der Waals surface area contributed by atoms with Crippen molar-refractivity contribution in [3.05, 3.63) is 29.3 Å². The van der Waals surface area contributed by atoms with Crippen molar-refractivity contribution in [1.29, 1.82) is 0 Å². The summed E-state index contributed by atoms with van der Waals surface area (Å²) in [5.74, 6) is 0. The van der Waals surface area contributed by atoms with Crippen LogP contribution in [0.1, 0.15) is 11.1 Å². The third-order valence-electron chi connectivity index (χ3n) is 2.55. The van der Waals surface area contributed by atoms with Gasteiger partial charge >= 0.3 is 0 Å². The smallest absolute Gasteiger partial charge is 0.240 e. The zero-order chi connectivity index (χ0) is 13.6. The molecule has 0 aromatic heterocycles. The van der Waals surface area contributed by atoms with Crippen molar-refractivity contribution >= 4 is 26.0 Å². The van der Waals surface area contributed by atoms with Crippen LogP contribution in [0.3, 0.4) is 0 Å². The number of alkyl halides is 1. The first-order valence-electron chi connectivity index (χ1n) is 5.68. The van der Waals surface area contributed by atoms with Crippen LogP contribution in [0.15, 0.2) is 23.1 Å². The van der Waals surface area contributed by atoms with Gasteiger partial charge in [-0.3, -0.25) is 0 Å². The number of sulfonamides is 1. The molecule has 102 valence electrons. The quantitative estimate of drug-likeness (QED) is 0.612. The van der Waals surface area contributed by atoms with Crippen LogP contribution in [0, 0.1) is 13.8 Å². The molecule has 1 aromatic rings. The molecule has 0 radical (unpaired) electrons. The average Bonchev–Trinajstić information content (AvgIpc) is 2.32. The number of hydrogen-bond acceptors (Lipinski definition) is 3. The lowest BCUT2D eigenvalue weighted by molar-refractivity contribution is 0.156. The van der Waals surface area contributed by atoms with Gasteiger partial charge in [0.1, 0.15) is 0 Å². The maximum atomic E-state index is 12.0. The average molecular weight is 336 g/mol. The van der Waals surface area contributed by atoms with Crippen LogP contribution >= 0.6 is 15.9 Å². The Kier molecular flexibility index (Phi) is 6.28. The summed E-state index contributed by atoms with van der Waals surface area (Å²) in [6.07, 6.45) is 0. The molecule has 6 heteroatoms. The topological polar surface area (TPSA) is 55.4 Å². The summed E-state index contributed by atoms with van der Waals surface area (Å²) >= 11 is 3.23. The molecule has 1 N–H and O–H groups in total. The van der Waals surface area contributed by atoms with E-state index in [9.17, 15) is 8.42 Å². The SMILES string of the molecule is Cc1ccc(S(=O)(=O)NCCOCCBr)cc1C. The van der Waals surface area contributed by atoms with E-state index in [0.717, 1.165) is 16.5 Å². The van der Waals surface area contributed by atoms with E-state index in [1.807, 2.05) is 19.9 Å². The summed E-state index contributed by atoms with van der Waals surface area (Å²) in [5, 5.41) is 0.747. The number of ether oxygens (including phenoxy) is 1. The fourth-order valence-corrected chi connectivity index (χ4v) is 2.70. The number of nitrogens with one attached hydrogen (secondary N) is 1. The molecule has 0 unspecified atom stereocenters. The van der Waals surface area contributed by atoms with E-state index in [1.165, 1.54) is 0 Å². The fourth-order valence-electron chi connectivity index (χ4n) is 1.37. The number of benzene rings is 1. The third-order valence-corrected chi connectivity index (χ3v) is 4.33. The Morgan fingerprint density at radius 3 is 2.56 bits per heavy atom. The summed E-state index contributed by atoms with van der Waals surface area (Å²) in [7, 11) is -3.43. The van der Waals surface area contributed by atoms with Gasteiger partial charge in [-0.15, -0.1) is 0 Å². The van der Waals surface area contributed by atoms with E-state index in [4.69, 9.17) is 4.74 Å². The van der Waals surface area contributed by atoms with Crippen molar-refractivity contribution in [3.8, 4) is 0 Å². The Morgan fingerprint density at radius 2 is 1.94 bits per heavy atom. The highest BCUT2D eigenvalue weighted by molar-refractivity contribution is 9.09. The molecule has 0 aliphatic heterocycles. The summed E-state index contributed by atoms with van der Waals surface area (Å²) < 4.78 is 31.6. The van der Waals surface area contributed by atoms with Gasteiger partial charge in [0, 0.05) is 11.9 Å². The minimum absolute atomic E-state index is 0.280. The predicted octanol–water partition coefficient (Wildman–Crippen LogP) is 1.99. The fraction of sp³-hybridized carbons (Fsp3) is 0.500. The van der Waals surface area contributed by atoms with Crippen molar-refractivity contribution in [2.75, 3.05) is 25.1 Å². The minimum atomic E-state index is -3.43. The second kappa shape index (κ2) is 7.23. The molecule has 0 fully saturated rings. The summed E-state index contributed by atoms with van der Waals surface area (Å²) in [5.41, 5.74) is 2.04. The van der Waals surface area contributed by atoms with Crippen LogP contribution in [-0.4, -0.2) is 33.5 Å². The van der Waals surface area contributed by atoms with Gasteiger partial charge in [-0.05, 0) is 37.1 Å². The van der Waals surface area contributed by atoms with Gasteiger partial charge in [0.2, 0.25) is 10.0 Å². The maximum absolute atomic E-state index is 12.0. The molecular formula is C12H18BrNO3S. The van der Waals surface area contributed by atoms with Crippen LogP contribution in [0.5, 0.6) is 0 Å². The first kappa shape index (κ1) is 15.6. The largest absolute Gasteiger partial charge is 0.379 e. The van der Waals surface area contributed by atoms with Crippen molar-refractivity contribution in [1.82, 2.24) is 4.72 Å². The zero-order valence-electron chi connectivity index (χ0n) is 10.6. The van der Waals surface area contributed by atoms with E-state index >= 15 is 0 Å². The molecule has 0 heterocycles. The van der Waals surface area contributed by atoms with Gasteiger partial charge in [-0.1, -0.05) is 22.0 Å². The van der Waals surface area contributed by atoms with E-state index in [1.54, 1.807) is 12.1 Å². The maximum Gasteiger partial charge on any atom is 0.240 e. The van der Waals surface area contributed by atoms with Crippen molar-refractivity contribution < 1.29 is 13.2 Å². The van der Waals surface area contributed by atoms with E-state index < -0.39 is 10.0 Å². The lowest BCUT2D eigenvalue weighted by atomic mass is 10.1. The van der Waals surface area contributed by atoms with Crippen molar-refractivity contribution in [2.24, 2.45) is 0 Å². The summed E-state index contributed by atoms with van der Waals surface area (Å²) in [4.78, 5) is 0.297. The molecule has 0 atom stereocenters. The third kappa shape index (κ3) is 4.68. The summed E-state index contributed by atoms with van der Waals surface area (Å²) in [6, 6.07) is 5.10. The van der Waals surface area contributed by atoms with Crippen LogP contribution < -0.4 is 4.72 Å². The lowest BCUT2D eigenvalue weighted by Crippen LogP contribution is -2.27. The molecule has 1 aromatic carbocycles. The first-order chi connectivity index (χ1) is 8.47. The van der Waals surface area contributed by atoms with Crippen LogP contribution in [-0.2, 0) is 14.8 Å². The zero-order valence-corrected chi connectivity index (χ0v) is 13.0. The standard InChI is InChI=1S/C12H18BrNO3S/c1-10-3-4-12(9-11(10)2)18(15,16)14-6-8-17-7-5-13/h3-4,9,14H,5-8H2,1-2H3. The van der Waals surface area contributed by atoms with Gasteiger partial charge in [-0.2, -0.15) is 0 Å². The highest BCUT2D eigenvalue weighted by atomic mass is 79.9. The second-order valence-electron chi connectivity index (χ2n) is 3.95. The van der Waals surface area contributed by atoms with Gasteiger partial charge in [0.15, 0.2) is 0 Å². The highest BCUT2D eigenvalue weighted by Crippen LogP contribution is 2.14. The molecule has 1 rings (SSSR count). The Morgan fingerprint density at radius 1 is 1.22 bits per heavy atom. The van der Waals surface area contributed by atoms with Gasteiger partial charge in [0.25, 0.3) is 0 Å². The number of rotatable bonds is 7. The highest BCUT2D eigenvalue weighted by Gasteiger charge is 2.13. The normalized spacial score (nSPS) is 11.7. The van der Waals surface area contributed by atoms with Gasteiger partial charge in [-0.25, -0.2) is 13.1 Å². The molecule has 0 spiro atoms. The predicted molar refractivity (Wildman–Crippen MR) is 75.7 cm³/mol. The molecule has 0 amide bonds. The molecule has 0 saturated carbocycles.